The number of likely N-dealkylation sites (tertiary alicyclic amines) is 1. The van der Waals surface area contributed by atoms with E-state index in [1.54, 1.807) is 23.7 Å². The molecule has 1 unspecified atom stereocenters. The highest BCUT2D eigenvalue weighted by Crippen LogP contribution is 2.41. The van der Waals surface area contributed by atoms with Crippen LogP contribution in [0, 0.1) is 22.9 Å². The summed E-state index contributed by atoms with van der Waals surface area (Å²) in [5.41, 5.74) is 2.01. The molecule has 2 aromatic carbocycles. The Labute approximate surface area is 233 Å². The Morgan fingerprint density at radius 2 is 2.00 bits per heavy atom. The second-order valence-corrected chi connectivity index (χ2v) is 11.1. The number of nitrogens with one attached hydrogen (secondary N) is 1. The van der Waals surface area contributed by atoms with Crippen LogP contribution in [0.25, 0.3) is 10.9 Å². The van der Waals surface area contributed by atoms with Gasteiger partial charge in [-0.15, -0.1) is 11.8 Å². The van der Waals surface area contributed by atoms with Crippen molar-refractivity contribution in [3.8, 4) is 5.75 Å². The third-order valence-electron chi connectivity index (χ3n) is 7.32. The van der Waals surface area contributed by atoms with E-state index in [9.17, 15) is 28.3 Å². The largest absolute Gasteiger partial charge is 0.497 e. The van der Waals surface area contributed by atoms with Crippen LogP contribution in [0.5, 0.6) is 5.75 Å². The zero-order chi connectivity index (χ0) is 28.2. The predicted molar refractivity (Wildman–Crippen MR) is 143 cm³/mol. The SMILES string of the molecule is COc1ccc2ncc(Cl)c(C(O)CCC3(C(=O)NO)CCN(CCSc4cc(F)cc(F)c4F)CC3)c2c1. The quantitative estimate of drug-likeness (QED) is 0.125. The van der Waals surface area contributed by atoms with E-state index in [0.29, 0.717) is 78.0 Å². The van der Waals surface area contributed by atoms with Gasteiger partial charge in [-0.3, -0.25) is 15.0 Å². The van der Waals surface area contributed by atoms with Crippen molar-refractivity contribution >= 4 is 40.2 Å². The number of aliphatic hydroxyl groups excluding tert-OH is 1. The number of nitrogens with zero attached hydrogens (tertiary/aromatic N) is 2. The second-order valence-electron chi connectivity index (χ2n) is 9.57. The monoisotopic (exact) mass is 583 g/mol. The number of aliphatic hydroxyl groups is 1. The minimum Gasteiger partial charge on any atom is -0.497 e. The number of thioether (sulfide) groups is 1. The predicted octanol–water partition coefficient (Wildman–Crippen LogP) is 5.51. The second kappa shape index (κ2) is 12.7. The summed E-state index contributed by atoms with van der Waals surface area (Å²) < 4.78 is 46.1. The number of aromatic nitrogens is 1. The minimum atomic E-state index is -1.22. The van der Waals surface area contributed by atoms with Crippen LogP contribution in [0.15, 0.2) is 41.4 Å². The molecule has 4 rings (SSSR count). The summed E-state index contributed by atoms with van der Waals surface area (Å²) in [4.78, 5) is 19.1. The van der Waals surface area contributed by atoms with Gasteiger partial charge in [0, 0.05) is 40.4 Å². The third kappa shape index (κ3) is 6.60. The van der Waals surface area contributed by atoms with Gasteiger partial charge >= 0.3 is 0 Å². The molecule has 3 aromatic rings. The van der Waals surface area contributed by atoms with Crippen molar-refractivity contribution in [2.45, 2.75) is 36.7 Å². The van der Waals surface area contributed by atoms with Crippen LogP contribution in [0.4, 0.5) is 13.2 Å². The van der Waals surface area contributed by atoms with E-state index in [4.69, 9.17) is 16.3 Å². The number of hydroxylamine groups is 1. The highest BCUT2D eigenvalue weighted by atomic mass is 35.5. The molecule has 2 heterocycles. The standard InChI is InChI=1S/C27H29ClF3N3O4S/c1-38-17-2-3-21-18(14-17)24(19(28)15-32-21)22(35)4-5-27(26(36)33-37)6-8-34(9-7-27)10-11-39-23-13-16(29)12-20(30)25(23)31/h2-3,12-15,22,35,37H,4-11H2,1H3,(H,33,36). The van der Waals surface area contributed by atoms with Crippen LogP contribution in [0.1, 0.15) is 37.4 Å². The van der Waals surface area contributed by atoms with E-state index in [0.717, 1.165) is 17.8 Å². The molecule has 1 fully saturated rings. The fourth-order valence-electron chi connectivity index (χ4n) is 5.03. The number of hydrogen-bond acceptors (Lipinski definition) is 7. The Balaban J connectivity index is 1.40. The number of methoxy groups -OCH3 is 1. The van der Waals surface area contributed by atoms with Crippen molar-refractivity contribution in [1.82, 2.24) is 15.4 Å². The van der Waals surface area contributed by atoms with Crippen molar-refractivity contribution in [1.29, 1.82) is 0 Å². The Morgan fingerprint density at radius 3 is 2.69 bits per heavy atom. The molecule has 39 heavy (non-hydrogen) atoms. The van der Waals surface area contributed by atoms with Gasteiger partial charge in [0.25, 0.3) is 0 Å². The van der Waals surface area contributed by atoms with Gasteiger partial charge in [-0.25, -0.2) is 18.7 Å². The summed E-state index contributed by atoms with van der Waals surface area (Å²) in [5.74, 6) is -2.67. The fraction of sp³-hybridized carbons (Fsp3) is 0.407. The Hall–Kier alpha value is -2.57. The number of halogens is 4. The lowest BCUT2D eigenvalue weighted by Crippen LogP contribution is -2.48. The molecule has 1 atom stereocenters. The van der Waals surface area contributed by atoms with E-state index in [1.165, 1.54) is 13.3 Å². The minimum absolute atomic E-state index is 0.0904. The smallest absolute Gasteiger partial charge is 0.249 e. The molecule has 12 heteroatoms. The molecular weight excluding hydrogens is 555 g/mol. The van der Waals surface area contributed by atoms with Crippen LogP contribution < -0.4 is 10.2 Å². The average molecular weight is 584 g/mol. The van der Waals surface area contributed by atoms with Gasteiger partial charge in [0.1, 0.15) is 11.6 Å². The summed E-state index contributed by atoms with van der Waals surface area (Å²) in [6, 6.07) is 6.77. The van der Waals surface area contributed by atoms with E-state index in [1.807, 2.05) is 0 Å². The topological polar surface area (TPSA) is 94.9 Å². The number of hydrogen-bond donors (Lipinski definition) is 3. The Morgan fingerprint density at radius 1 is 1.26 bits per heavy atom. The highest BCUT2D eigenvalue weighted by molar-refractivity contribution is 7.99. The molecule has 210 valence electrons. The maximum Gasteiger partial charge on any atom is 0.249 e. The molecule has 1 aromatic heterocycles. The van der Waals surface area contributed by atoms with Crippen molar-refractivity contribution in [3.63, 3.8) is 0 Å². The van der Waals surface area contributed by atoms with Gasteiger partial charge in [0.2, 0.25) is 5.91 Å². The lowest BCUT2D eigenvalue weighted by molar-refractivity contribution is -0.143. The molecule has 1 saturated heterocycles. The van der Waals surface area contributed by atoms with Gasteiger partial charge < -0.3 is 14.7 Å². The third-order valence-corrected chi connectivity index (χ3v) is 8.61. The summed E-state index contributed by atoms with van der Waals surface area (Å²) in [5, 5.41) is 21.6. The number of amides is 1. The molecule has 0 aliphatic carbocycles. The number of pyridine rings is 1. The lowest BCUT2D eigenvalue weighted by atomic mass is 9.73. The molecule has 0 radical (unpaired) electrons. The van der Waals surface area contributed by atoms with Crippen LogP contribution in [0.3, 0.4) is 0 Å². The molecule has 0 saturated carbocycles. The van der Waals surface area contributed by atoms with Crippen molar-refractivity contribution in [2.75, 3.05) is 32.5 Å². The number of fused-ring (bicyclic) bond motifs is 1. The van der Waals surface area contributed by atoms with Gasteiger partial charge in [0.15, 0.2) is 11.6 Å². The van der Waals surface area contributed by atoms with Gasteiger partial charge in [-0.1, -0.05) is 11.6 Å². The first-order valence-corrected chi connectivity index (χ1v) is 13.8. The first-order chi connectivity index (χ1) is 18.7. The first kappa shape index (κ1) is 29.4. The average Bonchev–Trinajstić information content (AvgIpc) is 2.94. The Bertz CT molecular complexity index is 1340. The van der Waals surface area contributed by atoms with Crippen LogP contribution >= 0.6 is 23.4 Å². The lowest BCUT2D eigenvalue weighted by Gasteiger charge is -2.40. The van der Waals surface area contributed by atoms with Gasteiger partial charge in [-0.05, 0) is 63.0 Å². The number of rotatable bonds is 10. The van der Waals surface area contributed by atoms with E-state index < -0.39 is 34.9 Å². The molecule has 1 aliphatic heterocycles. The summed E-state index contributed by atoms with van der Waals surface area (Å²) in [6.45, 7) is 1.54. The maximum atomic E-state index is 13.9. The van der Waals surface area contributed by atoms with E-state index >= 15 is 0 Å². The normalized spacial score (nSPS) is 16.3. The fourth-order valence-corrected chi connectivity index (χ4v) is 6.29. The van der Waals surface area contributed by atoms with Crippen molar-refractivity contribution in [2.24, 2.45) is 5.41 Å². The van der Waals surface area contributed by atoms with Crippen LogP contribution in [-0.2, 0) is 4.79 Å². The number of carbonyl (C=O) groups excluding carboxylic acids is 1. The van der Waals surface area contributed by atoms with Crippen molar-refractivity contribution < 1.29 is 33.0 Å². The van der Waals surface area contributed by atoms with E-state index in [2.05, 4.69) is 9.88 Å². The van der Waals surface area contributed by atoms with E-state index in [-0.39, 0.29) is 11.3 Å². The highest BCUT2D eigenvalue weighted by Gasteiger charge is 2.41. The number of piperidine rings is 1. The molecule has 1 aliphatic rings. The molecule has 1 amide bonds. The maximum absolute atomic E-state index is 13.9. The van der Waals surface area contributed by atoms with Crippen molar-refractivity contribution in [3.05, 3.63) is 64.6 Å². The number of carbonyl (C=O) groups is 1. The van der Waals surface area contributed by atoms with Crippen LogP contribution in [0.2, 0.25) is 5.02 Å². The van der Waals surface area contributed by atoms with Crippen LogP contribution in [-0.4, -0.2) is 58.6 Å². The molecule has 7 nitrogen and oxygen atoms in total. The molecule has 3 N–H and O–H groups in total. The van der Waals surface area contributed by atoms with Gasteiger partial charge in [-0.2, -0.15) is 0 Å². The zero-order valence-electron chi connectivity index (χ0n) is 21.2. The molecule has 0 spiro atoms. The number of ether oxygens (including phenoxy) is 1. The summed E-state index contributed by atoms with van der Waals surface area (Å²) in [7, 11) is 1.54. The number of benzene rings is 2. The van der Waals surface area contributed by atoms with Gasteiger partial charge in [0.05, 0.1) is 29.2 Å². The zero-order valence-corrected chi connectivity index (χ0v) is 22.8. The summed E-state index contributed by atoms with van der Waals surface area (Å²) in [6.07, 6.45) is 1.82. The summed E-state index contributed by atoms with van der Waals surface area (Å²) >= 11 is 7.44. The Kier molecular flexibility index (Phi) is 9.60. The molecule has 0 bridgehead atoms. The molecular formula is C27H29ClF3N3O4S. The first-order valence-electron chi connectivity index (χ1n) is 12.4.